The third-order valence-electron chi connectivity index (χ3n) is 4.30. The molecule has 2 amide bonds. The van der Waals surface area contributed by atoms with E-state index in [1.165, 1.54) is 0 Å². The Balaban J connectivity index is 1.34. The van der Waals surface area contributed by atoms with Crippen molar-refractivity contribution >= 4 is 29.3 Å². The van der Waals surface area contributed by atoms with Crippen molar-refractivity contribution in [2.75, 3.05) is 23.6 Å². The molecule has 6 nitrogen and oxygen atoms in total. The molecule has 3 N–H and O–H groups in total. The van der Waals surface area contributed by atoms with Crippen LogP contribution in [0.5, 0.6) is 5.75 Å². The molecule has 0 radical (unpaired) electrons. The van der Waals surface area contributed by atoms with E-state index < -0.39 is 0 Å². The Kier molecular flexibility index (Phi) is 7.75. The summed E-state index contributed by atoms with van der Waals surface area (Å²) >= 11 is 1.73. The summed E-state index contributed by atoms with van der Waals surface area (Å²) in [4.78, 5) is 24.0. The van der Waals surface area contributed by atoms with E-state index in [1.807, 2.05) is 54.6 Å². The van der Waals surface area contributed by atoms with Crippen LogP contribution in [0.15, 0.2) is 54.6 Å². The van der Waals surface area contributed by atoms with Gasteiger partial charge in [-0.2, -0.15) is 0 Å². The SMILES string of the molecule is O=C(CCCOc1ccccc1)Nc1ccc(CNC(=O)C2CSCN2)cc1. The van der Waals surface area contributed by atoms with Gasteiger partial charge in [0, 0.05) is 30.3 Å². The molecule has 1 aliphatic rings. The fraction of sp³-hybridized carbons (Fsp3) is 0.333. The van der Waals surface area contributed by atoms with Crippen molar-refractivity contribution < 1.29 is 14.3 Å². The minimum atomic E-state index is -0.102. The summed E-state index contributed by atoms with van der Waals surface area (Å²) in [5.41, 5.74) is 1.74. The van der Waals surface area contributed by atoms with Crippen molar-refractivity contribution in [3.63, 3.8) is 0 Å². The molecule has 1 heterocycles. The van der Waals surface area contributed by atoms with Crippen LogP contribution in [0.1, 0.15) is 18.4 Å². The first-order valence-electron chi connectivity index (χ1n) is 9.36. The summed E-state index contributed by atoms with van der Waals surface area (Å²) in [5, 5.41) is 8.96. The first-order chi connectivity index (χ1) is 13.7. The molecular weight excluding hydrogens is 374 g/mol. The van der Waals surface area contributed by atoms with E-state index in [4.69, 9.17) is 4.74 Å². The summed E-state index contributed by atoms with van der Waals surface area (Å²) in [6.45, 7) is 0.983. The van der Waals surface area contributed by atoms with Crippen molar-refractivity contribution in [1.29, 1.82) is 0 Å². The van der Waals surface area contributed by atoms with Gasteiger partial charge in [0.1, 0.15) is 5.75 Å². The highest BCUT2D eigenvalue weighted by molar-refractivity contribution is 7.99. The molecular formula is C21H25N3O3S. The second-order valence-electron chi connectivity index (χ2n) is 6.50. The highest BCUT2D eigenvalue weighted by Gasteiger charge is 2.21. The van der Waals surface area contributed by atoms with Gasteiger partial charge in [0.05, 0.1) is 12.6 Å². The molecule has 1 aliphatic heterocycles. The number of para-hydroxylation sites is 1. The van der Waals surface area contributed by atoms with Crippen LogP contribution in [0.3, 0.4) is 0 Å². The summed E-state index contributed by atoms with van der Waals surface area (Å²) in [7, 11) is 0. The number of rotatable bonds is 9. The van der Waals surface area contributed by atoms with Gasteiger partial charge in [0.2, 0.25) is 11.8 Å². The van der Waals surface area contributed by atoms with Gasteiger partial charge in [-0.25, -0.2) is 0 Å². The second-order valence-corrected chi connectivity index (χ2v) is 7.53. The molecule has 3 rings (SSSR count). The molecule has 2 aromatic rings. The zero-order chi connectivity index (χ0) is 19.6. The normalized spacial score (nSPS) is 15.8. The molecule has 0 spiro atoms. The summed E-state index contributed by atoms with van der Waals surface area (Å²) in [6.07, 6.45) is 1.05. The average Bonchev–Trinajstić information content (AvgIpc) is 3.26. The number of thioether (sulfide) groups is 1. The fourth-order valence-electron chi connectivity index (χ4n) is 2.74. The smallest absolute Gasteiger partial charge is 0.238 e. The Hall–Kier alpha value is -2.51. The lowest BCUT2D eigenvalue weighted by molar-refractivity contribution is -0.122. The Labute approximate surface area is 169 Å². The number of carbonyl (C=O) groups excluding carboxylic acids is 2. The highest BCUT2D eigenvalue weighted by atomic mass is 32.2. The Morgan fingerprint density at radius 1 is 1.11 bits per heavy atom. The zero-order valence-corrected chi connectivity index (χ0v) is 16.5. The maximum Gasteiger partial charge on any atom is 0.238 e. The summed E-state index contributed by atoms with van der Waals surface area (Å²) in [6, 6.07) is 17.0. The van der Waals surface area contributed by atoms with Crippen molar-refractivity contribution in [2.45, 2.75) is 25.4 Å². The van der Waals surface area contributed by atoms with Gasteiger partial charge >= 0.3 is 0 Å². The van der Waals surface area contributed by atoms with Crippen molar-refractivity contribution in [3.05, 3.63) is 60.2 Å². The van der Waals surface area contributed by atoms with E-state index in [0.717, 1.165) is 28.6 Å². The van der Waals surface area contributed by atoms with Gasteiger partial charge in [-0.05, 0) is 36.2 Å². The predicted octanol–water partition coefficient (Wildman–Crippen LogP) is 2.76. The van der Waals surface area contributed by atoms with Crippen molar-refractivity contribution in [3.8, 4) is 5.75 Å². The molecule has 0 bridgehead atoms. The van der Waals surface area contributed by atoms with Crippen LogP contribution in [-0.2, 0) is 16.1 Å². The summed E-state index contributed by atoms with van der Waals surface area (Å²) < 4.78 is 5.59. The van der Waals surface area contributed by atoms with Gasteiger partial charge < -0.3 is 15.4 Å². The number of carbonyl (C=O) groups is 2. The number of hydrogen-bond acceptors (Lipinski definition) is 5. The van der Waals surface area contributed by atoms with Gasteiger partial charge in [-0.3, -0.25) is 14.9 Å². The average molecular weight is 400 g/mol. The van der Waals surface area contributed by atoms with E-state index in [9.17, 15) is 9.59 Å². The molecule has 7 heteroatoms. The number of anilines is 1. The third kappa shape index (κ3) is 6.58. The molecule has 2 aromatic carbocycles. The Morgan fingerprint density at radius 2 is 1.89 bits per heavy atom. The fourth-order valence-corrected chi connectivity index (χ4v) is 3.69. The zero-order valence-electron chi connectivity index (χ0n) is 15.6. The third-order valence-corrected chi connectivity index (χ3v) is 5.24. The molecule has 0 saturated carbocycles. The lowest BCUT2D eigenvalue weighted by Gasteiger charge is -2.11. The van der Waals surface area contributed by atoms with E-state index in [1.54, 1.807) is 11.8 Å². The number of nitrogens with one attached hydrogen (secondary N) is 3. The molecule has 0 aromatic heterocycles. The number of ether oxygens (including phenoxy) is 1. The van der Waals surface area contributed by atoms with Gasteiger partial charge in [-0.1, -0.05) is 30.3 Å². The van der Waals surface area contributed by atoms with E-state index in [2.05, 4.69) is 16.0 Å². The van der Waals surface area contributed by atoms with Crippen molar-refractivity contribution in [1.82, 2.24) is 10.6 Å². The van der Waals surface area contributed by atoms with E-state index in [0.29, 0.717) is 26.0 Å². The first kappa shape index (κ1) is 20.2. The van der Waals surface area contributed by atoms with E-state index >= 15 is 0 Å². The molecule has 1 unspecified atom stereocenters. The van der Waals surface area contributed by atoms with Crippen LogP contribution in [0.25, 0.3) is 0 Å². The largest absolute Gasteiger partial charge is 0.494 e. The van der Waals surface area contributed by atoms with Crippen LogP contribution in [0, 0.1) is 0 Å². The number of benzene rings is 2. The quantitative estimate of drug-likeness (QED) is 0.565. The lowest BCUT2D eigenvalue weighted by atomic mass is 10.2. The van der Waals surface area contributed by atoms with Crippen LogP contribution >= 0.6 is 11.8 Å². The first-order valence-corrected chi connectivity index (χ1v) is 10.5. The molecule has 0 aliphatic carbocycles. The molecule has 1 saturated heterocycles. The van der Waals surface area contributed by atoms with Crippen LogP contribution < -0.4 is 20.7 Å². The minimum absolute atomic E-state index is 0.0279. The van der Waals surface area contributed by atoms with Crippen LogP contribution in [0.4, 0.5) is 5.69 Å². The number of hydrogen-bond donors (Lipinski definition) is 3. The minimum Gasteiger partial charge on any atom is -0.494 e. The van der Waals surface area contributed by atoms with Gasteiger partial charge in [0.15, 0.2) is 0 Å². The summed E-state index contributed by atoms with van der Waals surface area (Å²) in [5.74, 6) is 2.44. The number of amides is 2. The monoisotopic (exact) mass is 399 g/mol. The molecule has 148 valence electrons. The lowest BCUT2D eigenvalue weighted by Crippen LogP contribution is -2.41. The second kappa shape index (κ2) is 10.7. The molecule has 1 fully saturated rings. The van der Waals surface area contributed by atoms with Gasteiger partial charge in [-0.15, -0.1) is 11.8 Å². The maximum absolute atomic E-state index is 12.0. The topological polar surface area (TPSA) is 79.5 Å². The Bertz CT molecular complexity index is 762. The maximum atomic E-state index is 12.0. The Morgan fingerprint density at radius 3 is 2.61 bits per heavy atom. The van der Waals surface area contributed by atoms with Crippen LogP contribution in [-0.4, -0.2) is 36.1 Å². The molecule has 1 atom stereocenters. The van der Waals surface area contributed by atoms with Crippen molar-refractivity contribution in [2.24, 2.45) is 0 Å². The van der Waals surface area contributed by atoms with Gasteiger partial charge in [0.25, 0.3) is 0 Å². The standard InChI is InChI=1S/C21H25N3O3S/c25-20(7-4-12-27-18-5-2-1-3-6-18)24-17-10-8-16(9-11-17)13-22-21(26)19-14-28-15-23-19/h1-3,5-6,8-11,19,23H,4,7,12-15H2,(H,22,26)(H,24,25). The van der Waals surface area contributed by atoms with Crippen LogP contribution in [0.2, 0.25) is 0 Å². The van der Waals surface area contributed by atoms with E-state index in [-0.39, 0.29) is 17.9 Å². The predicted molar refractivity (Wildman–Crippen MR) is 112 cm³/mol. The molecule has 28 heavy (non-hydrogen) atoms. The highest BCUT2D eigenvalue weighted by Crippen LogP contribution is 2.13.